The van der Waals surface area contributed by atoms with E-state index in [-0.39, 0.29) is 6.10 Å². The van der Waals surface area contributed by atoms with Gasteiger partial charge in [-0.2, -0.15) is 0 Å². The number of rotatable bonds is 7. The summed E-state index contributed by atoms with van der Waals surface area (Å²) in [4.78, 5) is 0. The van der Waals surface area contributed by atoms with Gasteiger partial charge in [0, 0.05) is 6.54 Å². The quantitative estimate of drug-likeness (QED) is 0.652. The van der Waals surface area contributed by atoms with Gasteiger partial charge in [-0.15, -0.1) is 0 Å². The Morgan fingerprint density at radius 3 is 2.14 bits per heavy atom. The number of hydrogen-bond donors (Lipinski definition) is 2. The van der Waals surface area contributed by atoms with Crippen LogP contribution in [0.1, 0.15) is 39.0 Å². The van der Waals surface area contributed by atoms with Crippen molar-refractivity contribution in [1.29, 1.82) is 0 Å². The summed E-state index contributed by atoms with van der Waals surface area (Å²) >= 11 is 0. The average molecular weight is 197 g/mol. The molecule has 0 aromatic carbocycles. The molecular formula is C12H23NO. The van der Waals surface area contributed by atoms with Gasteiger partial charge in [0.05, 0.1) is 6.10 Å². The molecule has 0 aromatic heterocycles. The predicted molar refractivity (Wildman–Crippen MR) is 58.1 cm³/mol. The van der Waals surface area contributed by atoms with E-state index in [1.165, 1.54) is 25.7 Å². The standard InChI is InChI=1S/C12H23NO/c1-2-11(14)7-13-8-12(9-3-4-9)10-5-6-10/h9-14H,2-8H2,1H3. The van der Waals surface area contributed by atoms with Crippen LogP contribution < -0.4 is 5.32 Å². The molecule has 1 unspecified atom stereocenters. The Bertz CT molecular complexity index is 163. The van der Waals surface area contributed by atoms with Crippen molar-refractivity contribution in [2.45, 2.75) is 45.1 Å². The van der Waals surface area contributed by atoms with Crippen molar-refractivity contribution in [3.8, 4) is 0 Å². The van der Waals surface area contributed by atoms with Crippen LogP contribution in [0, 0.1) is 17.8 Å². The first kappa shape index (κ1) is 10.4. The summed E-state index contributed by atoms with van der Waals surface area (Å²) in [7, 11) is 0. The summed E-state index contributed by atoms with van der Waals surface area (Å²) in [5.41, 5.74) is 0. The summed E-state index contributed by atoms with van der Waals surface area (Å²) < 4.78 is 0. The highest BCUT2D eigenvalue weighted by molar-refractivity contribution is 4.92. The van der Waals surface area contributed by atoms with Crippen LogP contribution >= 0.6 is 0 Å². The van der Waals surface area contributed by atoms with Crippen LogP contribution in [0.25, 0.3) is 0 Å². The third kappa shape index (κ3) is 2.96. The lowest BCUT2D eigenvalue weighted by Gasteiger charge is -2.17. The SMILES string of the molecule is CCC(O)CNCC(C1CC1)C1CC1. The van der Waals surface area contributed by atoms with Gasteiger partial charge in [-0.25, -0.2) is 0 Å². The molecule has 0 aliphatic heterocycles. The molecule has 2 fully saturated rings. The maximum atomic E-state index is 9.42. The van der Waals surface area contributed by atoms with Gasteiger partial charge in [0.1, 0.15) is 0 Å². The molecular weight excluding hydrogens is 174 g/mol. The Morgan fingerprint density at radius 1 is 1.14 bits per heavy atom. The van der Waals surface area contributed by atoms with Gasteiger partial charge in [-0.05, 0) is 56.4 Å². The van der Waals surface area contributed by atoms with Crippen molar-refractivity contribution >= 4 is 0 Å². The van der Waals surface area contributed by atoms with E-state index in [2.05, 4.69) is 5.32 Å². The molecule has 0 aromatic rings. The predicted octanol–water partition coefficient (Wildman–Crippen LogP) is 1.78. The minimum absolute atomic E-state index is 0.144. The van der Waals surface area contributed by atoms with Crippen LogP contribution in [0.3, 0.4) is 0 Å². The minimum atomic E-state index is -0.144. The van der Waals surface area contributed by atoms with E-state index in [9.17, 15) is 5.11 Å². The topological polar surface area (TPSA) is 32.3 Å². The molecule has 2 rings (SSSR count). The highest BCUT2D eigenvalue weighted by Crippen LogP contribution is 2.48. The molecule has 0 heterocycles. The fourth-order valence-corrected chi connectivity index (χ4v) is 2.33. The molecule has 14 heavy (non-hydrogen) atoms. The lowest BCUT2D eigenvalue weighted by atomic mass is 9.98. The van der Waals surface area contributed by atoms with Crippen molar-refractivity contribution < 1.29 is 5.11 Å². The normalized spacial score (nSPS) is 24.2. The summed E-state index contributed by atoms with van der Waals surface area (Å²) in [6.45, 7) is 3.96. The Labute approximate surface area is 87.1 Å². The van der Waals surface area contributed by atoms with Crippen LogP contribution in [0.2, 0.25) is 0 Å². The first-order valence-corrected chi connectivity index (χ1v) is 6.20. The zero-order valence-corrected chi connectivity index (χ0v) is 9.21. The van der Waals surface area contributed by atoms with Gasteiger partial charge in [0.2, 0.25) is 0 Å². The van der Waals surface area contributed by atoms with E-state index in [0.29, 0.717) is 0 Å². The molecule has 2 aliphatic carbocycles. The third-order valence-electron chi connectivity index (χ3n) is 3.69. The van der Waals surface area contributed by atoms with Gasteiger partial charge in [-0.1, -0.05) is 6.92 Å². The van der Waals surface area contributed by atoms with E-state index >= 15 is 0 Å². The summed E-state index contributed by atoms with van der Waals surface area (Å²) in [5.74, 6) is 2.97. The van der Waals surface area contributed by atoms with Crippen LogP contribution in [0.4, 0.5) is 0 Å². The zero-order valence-electron chi connectivity index (χ0n) is 9.21. The fraction of sp³-hybridized carbons (Fsp3) is 1.00. The van der Waals surface area contributed by atoms with E-state index in [4.69, 9.17) is 0 Å². The highest BCUT2D eigenvalue weighted by Gasteiger charge is 2.40. The van der Waals surface area contributed by atoms with Gasteiger partial charge in [0.25, 0.3) is 0 Å². The smallest absolute Gasteiger partial charge is 0.0662 e. The fourth-order valence-electron chi connectivity index (χ4n) is 2.33. The largest absolute Gasteiger partial charge is 0.392 e. The molecule has 2 heteroatoms. The monoisotopic (exact) mass is 197 g/mol. The first-order valence-electron chi connectivity index (χ1n) is 6.20. The Hall–Kier alpha value is -0.0800. The maximum absolute atomic E-state index is 9.42. The van der Waals surface area contributed by atoms with Crippen molar-refractivity contribution in [2.75, 3.05) is 13.1 Å². The van der Waals surface area contributed by atoms with Crippen molar-refractivity contribution in [1.82, 2.24) is 5.32 Å². The van der Waals surface area contributed by atoms with E-state index in [1.807, 2.05) is 6.92 Å². The second-order valence-electron chi connectivity index (χ2n) is 5.06. The van der Waals surface area contributed by atoms with Crippen molar-refractivity contribution in [3.63, 3.8) is 0 Å². The molecule has 0 bridgehead atoms. The number of nitrogens with one attached hydrogen (secondary N) is 1. The lowest BCUT2D eigenvalue weighted by Crippen LogP contribution is -2.32. The average Bonchev–Trinajstić information content (AvgIpc) is 3.03. The van der Waals surface area contributed by atoms with Crippen molar-refractivity contribution in [2.24, 2.45) is 17.8 Å². The van der Waals surface area contributed by atoms with Gasteiger partial charge < -0.3 is 10.4 Å². The molecule has 82 valence electrons. The Kier molecular flexibility index (Phi) is 3.45. The molecule has 0 amide bonds. The van der Waals surface area contributed by atoms with Crippen LogP contribution in [-0.2, 0) is 0 Å². The summed E-state index contributed by atoms with van der Waals surface area (Å²) in [5, 5.41) is 12.8. The molecule has 2 aliphatic rings. The Morgan fingerprint density at radius 2 is 1.71 bits per heavy atom. The maximum Gasteiger partial charge on any atom is 0.0662 e. The lowest BCUT2D eigenvalue weighted by molar-refractivity contribution is 0.164. The minimum Gasteiger partial charge on any atom is -0.392 e. The van der Waals surface area contributed by atoms with Gasteiger partial charge >= 0.3 is 0 Å². The molecule has 0 spiro atoms. The van der Waals surface area contributed by atoms with Crippen LogP contribution in [-0.4, -0.2) is 24.3 Å². The number of hydrogen-bond acceptors (Lipinski definition) is 2. The van der Waals surface area contributed by atoms with Crippen molar-refractivity contribution in [3.05, 3.63) is 0 Å². The third-order valence-corrected chi connectivity index (χ3v) is 3.69. The molecule has 0 saturated heterocycles. The molecule has 1 atom stereocenters. The number of aliphatic hydroxyl groups is 1. The second-order valence-corrected chi connectivity index (χ2v) is 5.06. The van der Waals surface area contributed by atoms with Crippen LogP contribution in [0.5, 0.6) is 0 Å². The zero-order chi connectivity index (χ0) is 9.97. The molecule has 2 N–H and O–H groups in total. The van der Waals surface area contributed by atoms with Crippen LogP contribution in [0.15, 0.2) is 0 Å². The number of aliphatic hydroxyl groups excluding tert-OH is 1. The van der Waals surface area contributed by atoms with E-state index < -0.39 is 0 Å². The van der Waals surface area contributed by atoms with E-state index in [0.717, 1.165) is 37.3 Å². The van der Waals surface area contributed by atoms with Gasteiger partial charge in [0.15, 0.2) is 0 Å². The van der Waals surface area contributed by atoms with E-state index in [1.54, 1.807) is 0 Å². The summed E-state index contributed by atoms with van der Waals surface area (Å²) in [6, 6.07) is 0. The Balaban J connectivity index is 1.62. The first-order chi connectivity index (χ1) is 6.81. The molecule has 2 nitrogen and oxygen atoms in total. The molecule has 0 radical (unpaired) electrons. The molecule has 2 saturated carbocycles. The second kappa shape index (κ2) is 4.63. The highest BCUT2D eigenvalue weighted by atomic mass is 16.3. The van der Waals surface area contributed by atoms with Gasteiger partial charge in [-0.3, -0.25) is 0 Å². The summed E-state index contributed by atoms with van der Waals surface area (Å²) in [6.07, 6.45) is 6.55.